The Kier molecular flexibility index (Phi) is 6.21. The molecule has 252 valence electrons. The van der Waals surface area contributed by atoms with Gasteiger partial charge in [0.1, 0.15) is 16.7 Å². The summed E-state index contributed by atoms with van der Waals surface area (Å²) in [5.41, 5.74) is 8.95. The first-order valence-corrected chi connectivity index (χ1v) is 19.1. The Morgan fingerprint density at radius 3 is 1.83 bits per heavy atom. The van der Waals surface area contributed by atoms with Crippen molar-refractivity contribution in [3.8, 4) is 11.1 Å². The Morgan fingerprint density at radius 1 is 0.389 bits per heavy atom. The van der Waals surface area contributed by atoms with Crippen molar-refractivity contribution in [3.05, 3.63) is 176 Å². The number of hydrogen-bond donors (Lipinski definition) is 0. The fourth-order valence-corrected chi connectivity index (χ4v) is 9.68. The van der Waals surface area contributed by atoms with Gasteiger partial charge in [-0.05, 0) is 87.9 Å². The van der Waals surface area contributed by atoms with Crippen LogP contribution in [0.2, 0.25) is 0 Å². The third-order valence-corrected chi connectivity index (χ3v) is 12.2. The highest BCUT2D eigenvalue weighted by Crippen LogP contribution is 2.47. The van der Waals surface area contributed by atoms with Crippen molar-refractivity contribution in [1.29, 1.82) is 0 Å². The number of nitrogens with zero attached hydrogens (tertiary/aromatic N) is 1. The Hall–Kier alpha value is -6.88. The molecule has 0 unspecified atom stereocenters. The maximum absolute atomic E-state index is 6.92. The van der Waals surface area contributed by atoms with E-state index in [2.05, 4.69) is 175 Å². The number of benzene rings is 9. The second-order valence-electron chi connectivity index (χ2n) is 14.0. The van der Waals surface area contributed by atoms with E-state index in [9.17, 15) is 0 Å². The maximum atomic E-state index is 6.92. The molecular formula is C50H29NO2S. The van der Waals surface area contributed by atoms with Crippen LogP contribution in [0, 0.1) is 0 Å². The lowest BCUT2D eigenvalue weighted by atomic mass is 9.98. The van der Waals surface area contributed by atoms with Crippen LogP contribution in [-0.4, -0.2) is 0 Å². The Balaban J connectivity index is 1.10. The van der Waals surface area contributed by atoms with Gasteiger partial charge in [-0.3, -0.25) is 0 Å². The van der Waals surface area contributed by atoms with E-state index < -0.39 is 0 Å². The SMILES string of the molecule is c1ccc2c(-c3ccc(N(c4ccc5sc6ccccc6c5c4)c4cccc5c4oc4ccc6oc7c8ccccc8ccc7c6c45)cc3)cccc2c1. The molecule has 3 nitrogen and oxygen atoms in total. The molecule has 0 fully saturated rings. The zero-order valence-corrected chi connectivity index (χ0v) is 29.7. The molecule has 54 heavy (non-hydrogen) atoms. The summed E-state index contributed by atoms with van der Waals surface area (Å²) in [6.07, 6.45) is 0. The molecule has 0 aliphatic heterocycles. The smallest absolute Gasteiger partial charge is 0.159 e. The van der Waals surface area contributed by atoms with E-state index in [4.69, 9.17) is 8.83 Å². The quantitative estimate of drug-likeness (QED) is 0.182. The summed E-state index contributed by atoms with van der Waals surface area (Å²) in [6, 6.07) is 63.0. The minimum Gasteiger partial charge on any atom is -0.455 e. The van der Waals surface area contributed by atoms with Gasteiger partial charge in [-0.2, -0.15) is 0 Å². The number of fused-ring (bicyclic) bond motifs is 13. The van der Waals surface area contributed by atoms with Crippen molar-refractivity contribution in [2.45, 2.75) is 0 Å². The van der Waals surface area contributed by atoms with Crippen LogP contribution in [0.25, 0.3) is 96.7 Å². The van der Waals surface area contributed by atoms with Gasteiger partial charge in [-0.25, -0.2) is 0 Å². The predicted octanol–water partition coefficient (Wildman–Crippen LogP) is 15.3. The summed E-state index contributed by atoms with van der Waals surface area (Å²) < 4.78 is 16.1. The lowest BCUT2D eigenvalue weighted by molar-refractivity contribution is 0.664. The van der Waals surface area contributed by atoms with E-state index in [0.29, 0.717) is 0 Å². The first kappa shape index (κ1) is 29.7. The zero-order chi connectivity index (χ0) is 35.3. The number of hydrogen-bond acceptors (Lipinski definition) is 4. The summed E-state index contributed by atoms with van der Waals surface area (Å²) >= 11 is 1.84. The minimum absolute atomic E-state index is 0.837. The van der Waals surface area contributed by atoms with Gasteiger partial charge in [-0.1, -0.05) is 115 Å². The van der Waals surface area contributed by atoms with Crippen LogP contribution in [0.4, 0.5) is 17.1 Å². The van der Waals surface area contributed by atoms with Crippen molar-refractivity contribution < 1.29 is 8.83 Å². The molecule has 12 aromatic rings. The minimum atomic E-state index is 0.837. The maximum Gasteiger partial charge on any atom is 0.159 e. The highest BCUT2D eigenvalue weighted by molar-refractivity contribution is 7.25. The van der Waals surface area contributed by atoms with Crippen molar-refractivity contribution in [1.82, 2.24) is 0 Å². The fourth-order valence-electron chi connectivity index (χ4n) is 8.59. The topological polar surface area (TPSA) is 29.5 Å². The lowest BCUT2D eigenvalue weighted by Crippen LogP contribution is -2.10. The zero-order valence-electron chi connectivity index (χ0n) is 28.9. The van der Waals surface area contributed by atoms with Gasteiger partial charge in [0.05, 0.1) is 5.69 Å². The summed E-state index contributed by atoms with van der Waals surface area (Å²) in [6.45, 7) is 0. The molecule has 0 atom stereocenters. The first-order valence-electron chi connectivity index (χ1n) is 18.2. The van der Waals surface area contributed by atoms with Gasteiger partial charge in [0.25, 0.3) is 0 Å². The van der Waals surface area contributed by atoms with Gasteiger partial charge in [0.2, 0.25) is 0 Å². The van der Waals surface area contributed by atoms with E-state index in [-0.39, 0.29) is 0 Å². The first-order chi connectivity index (χ1) is 26.8. The Morgan fingerprint density at radius 2 is 1.00 bits per heavy atom. The molecule has 0 amide bonds. The van der Waals surface area contributed by atoms with E-state index in [1.54, 1.807) is 0 Å². The van der Waals surface area contributed by atoms with Crippen molar-refractivity contribution >= 4 is 114 Å². The van der Waals surface area contributed by atoms with Crippen molar-refractivity contribution in [3.63, 3.8) is 0 Å². The molecule has 12 rings (SSSR count). The molecule has 3 aromatic heterocycles. The monoisotopic (exact) mass is 707 g/mol. The number of rotatable bonds is 4. The molecule has 0 aliphatic carbocycles. The molecule has 4 heteroatoms. The lowest BCUT2D eigenvalue weighted by Gasteiger charge is -2.26. The van der Waals surface area contributed by atoms with Crippen LogP contribution in [-0.2, 0) is 0 Å². The van der Waals surface area contributed by atoms with Crippen LogP contribution in [0.15, 0.2) is 185 Å². The van der Waals surface area contributed by atoms with Crippen molar-refractivity contribution in [2.75, 3.05) is 4.90 Å². The van der Waals surface area contributed by atoms with Gasteiger partial charge in [0, 0.05) is 58.5 Å². The predicted molar refractivity (Wildman–Crippen MR) is 229 cm³/mol. The van der Waals surface area contributed by atoms with Gasteiger partial charge < -0.3 is 13.7 Å². The summed E-state index contributed by atoms with van der Waals surface area (Å²) in [5, 5.41) is 11.6. The van der Waals surface area contributed by atoms with Gasteiger partial charge in [0.15, 0.2) is 5.58 Å². The number of para-hydroxylation sites is 1. The normalized spacial score (nSPS) is 12.1. The molecule has 0 radical (unpaired) electrons. The van der Waals surface area contributed by atoms with Crippen LogP contribution in [0.5, 0.6) is 0 Å². The van der Waals surface area contributed by atoms with Gasteiger partial charge in [-0.15, -0.1) is 11.3 Å². The third kappa shape index (κ3) is 4.29. The van der Waals surface area contributed by atoms with Crippen molar-refractivity contribution in [2.24, 2.45) is 0 Å². The molecule has 0 saturated carbocycles. The Bertz CT molecular complexity index is 3450. The molecule has 3 heterocycles. The Labute approximate surface area is 313 Å². The largest absolute Gasteiger partial charge is 0.455 e. The van der Waals surface area contributed by atoms with Crippen LogP contribution in [0.3, 0.4) is 0 Å². The van der Waals surface area contributed by atoms with Crippen LogP contribution < -0.4 is 4.90 Å². The molecule has 9 aromatic carbocycles. The van der Waals surface area contributed by atoms with Crippen LogP contribution in [0.1, 0.15) is 0 Å². The molecular weight excluding hydrogens is 679 g/mol. The van der Waals surface area contributed by atoms with Gasteiger partial charge >= 0.3 is 0 Å². The second kappa shape index (κ2) is 11.3. The highest BCUT2D eigenvalue weighted by Gasteiger charge is 2.23. The van der Waals surface area contributed by atoms with E-state index in [1.165, 1.54) is 42.1 Å². The summed E-state index contributed by atoms with van der Waals surface area (Å²) in [7, 11) is 0. The molecule has 0 N–H and O–H groups in total. The molecule has 0 spiro atoms. The number of furan rings is 2. The van der Waals surface area contributed by atoms with Crippen LogP contribution >= 0.6 is 11.3 Å². The second-order valence-corrected chi connectivity index (χ2v) is 15.1. The highest BCUT2D eigenvalue weighted by atomic mass is 32.1. The average molecular weight is 708 g/mol. The molecule has 0 bridgehead atoms. The van der Waals surface area contributed by atoms with E-state index in [1.807, 2.05) is 17.4 Å². The molecule has 0 aliphatic rings. The molecule has 0 saturated heterocycles. The average Bonchev–Trinajstić information content (AvgIpc) is 3.92. The third-order valence-electron chi connectivity index (χ3n) is 11.1. The van der Waals surface area contributed by atoms with E-state index >= 15 is 0 Å². The fraction of sp³-hybridized carbons (Fsp3) is 0. The summed E-state index contributed by atoms with van der Waals surface area (Å²) in [4.78, 5) is 2.35. The van der Waals surface area contributed by atoms with E-state index in [0.717, 1.165) is 71.7 Å². The summed E-state index contributed by atoms with van der Waals surface area (Å²) in [5.74, 6) is 0. The number of thiophene rings is 1. The number of anilines is 3. The standard InChI is InChI=1S/C50H29NO2S/c1-3-12-35-30(9-1)11-7-15-36(35)32-19-22-33(23-20-32)51(34-24-28-46-41(29-34)38-14-5-6-18-45(38)54-46)42-17-8-16-39-47-44(53-50(39)42)27-26-43-48(47)40-25-21-31-10-2-4-13-37(31)49(40)52-43/h1-29H.